The number of ether oxygens (including phenoxy) is 1. The summed E-state index contributed by atoms with van der Waals surface area (Å²) in [5.74, 6) is 5.37. The molecular formula is C13H15NO2. The Kier molecular flexibility index (Phi) is 4.41. The van der Waals surface area contributed by atoms with Gasteiger partial charge < -0.3 is 10.5 Å². The third-order valence-electron chi connectivity index (χ3n) is 2.04. The highest BCUT2D eigenvalue weighted by Gasteiger charge is 1.97. The number of aryl methyl sites for hydroxylation is 1. The number of carbonyl (C=O) groups excluding carboxylic acids is 1. The summed E-state index contributed by atoms with van der Waals surface area (Å²) < 4.78 is 4.76. The lowest BCUT2D eigenvalue weighted by Gasteiger charge is -1.99. The SMILES string of the molecule is CCOC(=O)CC#Cc1ccc(N)c(C)c1. The van der Waals surface area contributed by atoms with E-state index in [1.54, 1.807) is 6.92 Å². The molecule has 0 aliphatic heterocycles. The quantitative estimate of drug-likeness (QED) is 0.467. The van der Waals surface area contributed by atoms with Gasteiger partial charge in [-0.15, -0.1) is 0 Å². The molecule has 0 atom stereocenters. The smallest absolute Gasteiger partial charge is 0.317 e. The molecule has 1 rings (SSSR count). The van der Waals surface area contributed by atoms with Crippen molar-refractivity contribution in [2.75, 3.05) is 12.3 Å². The van der Waals surface area contributed by atoms with E-state index < -0.39 is 0 Å². The normalized spacial score (nSPS) is 9.12. The van der Waals surface area contributed by atoms with Crippen molar-refractivity contribution in [3.8, 4) is 11.8 Å². The van der Waals surface area contributed by atoms with Gasteiger partial charge in [-0.3, -0.25) is 4.79 Å². The van der Waals surface area contributed by atoms with Crippen molar-refractivity contribution in [1.82, 2.24) is 0 Å². The van der Waals surface area contributed by atoms with Gasteiger partial charge in [-0.2, -0.15) is 0 Å². The number of nitrogen functional groups attached to an aromatic ring is 1. The largest absolute Gasteiger partial charge is 0.465 e. The van der Waals surface area contributed by atoms with Crippen LogP contribution >= 0.6 is 0 Å². The van der Waals surface area contributed by atoms with Gasteiger partial charge in [0.05, 0.1) is 6.61 Å². The molecule has 0 amide bonds. The number of carbonyl (C=O) groups is 1. The molecule has 0 unspecified atom stereocenters. The standard InChI is InChI=1S/C13H15NO2/c1-3-16-13(15)6-4-5-11-7-8-12(14)10(2)9-11/h7-9H,3,6,14H2,1-2H3. The van der Waals surface area contributed by atoms with Crippen LogP contribution in [0.1, 0.15) is 24.5 Å². The van der Waals surface area contributed by atoms with Crippen molar-refractivity contribution in [2.45, 2.75) is 20.3 Å². The first-order chi connectivity index (χ1) is 7.63. The van der Waals surface area contributed by atoms with E-state index in [0.29, 0.717) is 6.61 Å². The molecule has 0 heterocycles. The Bertz CT molecular complexity index is 441. The Morgan fingerprint density at radius 1 is 1.50 bits per heavy atom. The molecular weight excluding hydrogens is 202 g/mol. The second-order valence-corrected chi connectivity index (χ2v) is 3.35. The summed E-state index contributed by atoms with van der Waals surface area (Å²) in [4.78, 5) is 11.0. The maximum absolute atomic E-state index is 11.0. The van der Waals surface area contributed by atoms with Crippen LogP contribution in [0.3, 0.4) is 0 Å². The molecule has 0 bridgehead atoms. The molecule has 0 aliphatic carbocycles. The van der Waals surface area contributed by atoms with Gasteiger partial charge in [-0.05, 0) is 37.6 Å². The van der Waals surface area contributed by atoms with Crippen molar-refractivity contribution in [3.63, 3.8) is 0 Å². The zero-order valence-electron chi connectivity index (χ0n) is 9.54. The number of nitrogens with two attached hydrogens (primary N) is 1. The molecule has 1 aromatic rings. The molecule has 2 N–H and O–H groups in total. The van der Waals surface area contributed by atoms with Crippen LogP contribution in [0.25, 0.3) is 0 Å². The van der Waals surface area contributed by atoms with E-state index in [4.69, 9.17) is 10.5 Å². The number of esters is 1. The fourth-order valence-electron chi connectivity index (χ4n) is 1.18. The Balaban J connectivity index is 2.63. The molecule has 0 aromatic heterocycles. The summed E-state index contributed by atoms with van der Waals surface area (Å²) >= 11 is 0. The zero-order chi connectivity index (χ0) is 12.0. The topological polar surface area (TPSA) is 52.3 Å². The predicted octanol–water partition coefficient (Wildman–Crippen LogP) is 1.88. The molecule has 0 fully saturated rings. The number of hydrogen-bond acceptors (Lipinski definition) is 3. The average Bonchev–Trinajstić information content (AvgIpc) is 2.24. The average molecular weight is 217 g/mol. The maximum Gasteiger partial charge on any atom is 0.317 e. The molecule has 0 saturated heterocycles. The van der Waals surface area contributed by atoms with Gasteiger partial charge in [-0.1, -0.05) is 11.8 Å². The van der Waals surface area contributed by atoms with Gasteiger partial charge in [0.25, 0.3) is 0 Å². The highest BCUT2D eigenvalue weighted by Crippen LogP contribution is 2.11. The van der Waals surface area contributed by atoms with Crippen LogP contribution in [-0.2, 0) is 9.53 Å². The molecule has 0 radical (unpaired) electrons. The summed E-state index contributed by atoms with van der Waals surface area (Å²) in [5.41, 5.74) is 8.28. The van der Waals surface area contributed by atoms with Gasteiger partial charge >= 0.3 is 5.97 Å². The van der Waals surface area contributed by atoms with Crippen LogP contribution < -0.4 is 5.73 Å². The Labute approximate surface area is 95.6 Å². The van der Waals surface area contributed by atoms with Crippen LogP contribution in [0.2, 0.25) is 0 Å². The van der Waals surface area contributed by atoms with Gasteiger partial charge in [-0.25, -0.2) is 0 Å². The first kappa shape index (κ1) is 12.1. The monoisotopic (exact) mass is 217 g/mol. The van der Waals surface area contributed by atoms with Gasteiger partial charge in [0, 0.05) is 11.3 Å². The van der Waals surface area contributed by atoms with Crippen molar-refractivity contribution < 1.29 is 9.53 Å². The first-order valence-electron chi connectivity index (χ1n) is 5.14. The molecule has 0 spiro atoms. The van der Waals surface area contributed by atoms with Crippen LogP contribution in [0, 0.1) is 18.8 Å². The number of benzene rings is 1. The summed E-state index contributed by atoms with van der Waals surface area (Å²) in [6.07, 6.45) is 0.122. The van der Waals surface area contributed by atoms with Gasteiger partial charge in [0.2, 0.25) is 0 Å². The third-order valence-corrected chi connectivity index (χ3v) is 2.04. The highest BCUT2D eigenvalue weighted by atomic mass is 16.5. The van der Waals surface area contributed by atoms with Crippen molar-refractivity contribution in [3.05, 3.63) is 29.3 Å². The fraction of sp³-hybridized carbons (Fsp3) is 0.308. The van der Waals surface area contributed by atoms with Gasteiger partial charge in [0.1, 0.15) is 6.42 Å². The molecule has 3 nitrogen and oxygen atoms in total. The van der Waals surface area contributed by atoms with Crippen molar-refractivity contribution in [1.29, 1.82) is 0 Å². The lowest BCUT2D eigenvalue weighted by atomic mass is 10.1. The van der Waals surface area contributed by atoms with Crippen LogP contribution in [0.15, 0.2) is 18.2 Å². The minimum atomic E-state index is -0.290. The van der Waals surface area contributed by atoms with E-state index in [2.05, 4.69) is 11.8 Å². The minimum absolute atomic E-state index is 0.122. The molecule has 84 valence electrons. The molecule has 16 heavy (non-hydrogen) atoms. The van der Waals surface area contributed by atoms with Crippen LogP contribution in [0.4, 0.5) is 5.69 Å². The Hall–Kier alpha value is -1.95. The summed E-state index contributed by atoms with van der Waals surface area (Å²) in [6.45, 7) is 4.09. The molecule has 3 heteroatoms. The Morgan fingerprint density at radius 2 is 2.25 bits per heavy atom. The van der Waals surface area contributed by atoms with E-state index in [-0.39, 0.29) is 12.4 Å². The summed E-state index contributed by atoms with van der Waals surface area (Å²) in [6, 6.07) is 5.54. The molecule has 1 aromatic carbocycles. The highest BCUT2D eigenvalue weighted by molar-refractivity contribution is 5.72. The fourth-order valence-corrected chi connectivity index (χ4v) is 1.18. The lowest BCUT2D eigenvalue weighted by molar-refractivity contribution is -0.141. The maximum atomic E-state index is 11.0. The van der Waals surface area contributed by atoms with E-state index in [9.17, 15) is 4.79 Å². The van der Waals surface area contributed by atoms with E-state index >= 15 is 0 Å². The van der Waals surface area contributed by atoms with E-state index in [0.717, 1.165) is 16.8 Å². The van der Waals surface area contributed by atoms with E-state index in [1.807, 2.05) is 25.1 Å². The van der Waals surface area contributed by atoms with Crippen molar-refractivity contribution in [2.24, 2.45) is 0 Å². The number of rotatable bonds is 2. The van der Waals surface area contributed by atoms with E-state index in [1.165, 1.54) is 0 Å². The summed E-state index contributed by atoms with van der Waals surface area (Å²) in [5, 5.41) is 0. The molecule has 0 saturated carbocycles. The van der Waals surface area contributed by atoms with Crippen LogP contribution in [-0.4, -0.2) is 12.6 Å². The van der Waals surface area contributed by atoms with Crippen LogP contribution in [0.5, 0.6) is 0 Å². The second-order valence-electron chi connectivity index (χ2n) is 3.35. The first-order valence-corrected chi connectivity index (χ1v) is 5.14. The molecule has 0 aliphatic rings. The number of anilines is 1. The number of hydrogen-bond donors (Lipinski definition) is 1. The summed E-state index contributed by atoms with van der Waals surface area (Å²) in [7, 11) is 0. The second kappa shape index (κ2) is 5.82. The lowest BCUT2D eigenvalue weighted by Crippen LogP contribution is -2.01. The minimum Gasteiger partial charge on any atom is -0.465 e. The zero-order valence-corrected chi connectivity index (χ0v) is 9.54. The predicted molar refractivity (Wildman–Crippen MR) is 63.7 cm³/mol. The third kappa shape index (κ3) is 3.66. The Morgan fingerprint density at radius 3 is 2.88 bits per heavy atom. The van der Waals surface area contributed by atoms with Crippen molar-refractivity contribution >= 4 is 11.7 Å². The van der Waals surface area contributed by atoms with Gasteiger partial charge in [0.15, 0.2) is 0 Å².